The number of alkyl halides is 3. The number of pyridine rings is 1. The average Bonchev–Trinajstić information content (AvgIpc) is 3.21. The van der Waals surface area contributed by atoms with Crippen molar-refractivity contribution in [3.63, 3.8) is 0 Å². The fourth-order valence-electron chi connectivity index (χ4n) is 3.98. The number of hydrogen-bond acceptors (Lipinski definition) is 5. The summed E-state index contributed by atoms with van der Waals surface area (Å²) in [5.41, 5.74) is 0.931. The Morgan fingerprint density at radius 3 is 2.53 bits per heavy atom. The standard InChI is InChI=1S/C22H25F3N6O/c1-4-16-12-18(22(23,24)25)31-20(27-16)13-17(28-31)14-6-9-30(10-7-14)21(32)15-5-8-26-19(11-15)29(2)3/h5,8,11-14H,4,6-7,9-10H2,1-3H3. The van der Waals surface area contributed by atoms with Gasteiger partial charge in [0.1, 0.15) is 11.5 Å². The molecule has 0 saturated carbocycles. The highest BCUT2D eigenvalue weighted by atomic mass is 19.4. The molecule has 1 aliphatic heterocycles. The van der Waals surface area contributed by atoms with Crippen LogP contribution in [0, 0.1) is 0 Å². The molecule has 0 atom stereocenters. The molecular weight excluding hydrogens is 421 g/mol. The van der Waals surface area contributed by atoms with Crippen LogP contribution < -0.4 is 4.90 Å². The second-order valence-electron chi connectivity index (χ2n) is 8.19. The molecule has 4 rings (SSSR count). The third kappa shape index (κ3) is 4.26. The third-order valence-corrected chi connectivity index (χ3v) is 5.80. The lowest BCUT2D eigenvalue weighted by molar-refractivity contribution is -0.142. The summed E-state index contributed by atoms with van der Waals surface area (Å²) in [7, 11) is 3.72. The first-order chi connectivity index (χ1) is 15.2. The number of anilines is 1. The van der Waals surface area contributed by atoms with Crippen molar-refractivity contribution in [3.8, 4) is 0 Å². The van der Waals surface area contributed by atoms with Crippen LogP contribution in [-0.4, -0.2) is 57.6 Å². The highest BCUT2D eigenvalue weighted by Gasteiger charge is 2.36. The van der Waals surface area contributed by atoms with E-state index in [1.807, 2.05) is 19.0 Å². The first-order valence-electron chi connectivity index (χ1n) is 10.6. The molecule has 7 nitrogen and oxygen atoms in total. The Labute approximate surface area is 183 Å². The Kier molecular flexibility index (Phi) is 5.79. The van der Waals surface area contributed by atoms with Crippen LogP contribution in [-0.2, 0) is 12.6 Å². The van der Waals surface area contributed by atoms with E-state index in [1.165, 1.54) is 0 Å². The van der Waals surface area contributed by atoms with E-state index in [1.54, 1.807) is 36.2 Å². The third-order valence-electron chi connectivity index (χ3n) is 5.80. The highest BCUT2D eigenvalue weighted by Crippen LogP contribution is 2.33. The molecule has 0 radical (unpaired) electrons. The first kappa shape index (κ1) is 22.0. The van der Waals surface area contributed by atoms with E-state index in [9.17, 15) is 18.0 Å². The molecule has 1 fully saturated rings. The molecule has 170 valence electrons. The summed E-state index contributed by atoms with van der Waals surface area (Å²) in [6, 6.07) is 6.15. The summed E-state index contributed by atoms with van der Waals surface area (Å²) in [5.74, 6) is 0.606. The second kappa shape index (κ2) is 8.40. The molecule has 3 aromatic heterocycles. The number of nitrogens with zero attached hydrogens (tertiary/aromatic N) is 6. The van der Waals surface area contributed by atoms with Gasteiger partial charge >= 0.3 is 6.18 Å². The molecule has 0 aromatic carbocycles. The Balaban J connectivity index is 1.52. The predicted molar refractivity (Wildman–Crippen MR) is 114 cm³/mol. The van der Waals surface area contributed by atoms with Crippen molar-refractivity contribution < 1.29 is 18.0 Å². The average molecular weight is 446 g/mol. The van der Waals surface area contributed by atoms with Crippen LogP contribution in [0.5, 0.6) is 0 Å². The lowest BCUT2D eigenvalue weighted by Crippen LogP contribution is -2.38. The van der Waals surface area contributed by atoms with Crippen LogP contribution >= 0.6 is 0 Å². The minimum absolute atomic E-state index is 0.0262. The van der Waals surface area contributed by atoms with Crippen LogP contribution in [0.4, 0.5) is 19.0 Å². The molecular formula is C22H25F3N6O. The molecule has 32 heavy (non-hydrogen) atoms. The number of carbonyl (C=O) groups is 1. The summed E-state index contributed by atoms with van der Waals surface area (Å²) in [5, 5.41) is 4.25. The SMILES string of the molecule is CCc1cc(C(F)(F)F)n2nc(C3CCN(C(=O)c4ccnc(N(C)C)c4)CC3)cc2n1. The minimum atomic E-state index is -4.51. The zero-order valence-corrected chi connectivity index (χ0v) is 18.2. The number of carbonyl (C=O) groups excluding carboxylic acids is 1. The quantitative estimate of drug-likeness (QED) is 0.610. The number of hydrogen-bond donors (Lipinski definition) is 0. The van der Waals surface area contributed by atoms with Gasteiger partial charge in [-0.15, -0.1) is 0 Å². The molecule has 10 heteroatoms. The topological polar surface area (TPSA) is 66.6 Å². The fraction of sp³-hybridized carbons (Fsp3) is 0.455. The van der Waals surface area contributed by atoms with E-state index in [-0.39, 0.29) is 17.5 Å². The number of aromatic nitrogens is 4. The predicted octanol–water partition coefficient (Wildman–Crippen LogP) is 3.79. The van der Waals surface area contributed by atoms with E-state index < -0.39 is 11.9 Å². The maximum atomic E-state index is 13.5. The molecule has 3 aromatic rings. The van der Waals surface area contributed by atoms with Gasteiger partial charge in [0.25, 0.3) is 5.91 Å². The molecule has 4 heterocycles. The number of piperidine rings is 1. The van der Waals surface area contributed by atoms with Crippen molar-refractivity contribution in [2.24, 2.45) is 0 Å². The van der Waals surface area contributed by atoms with Gasteiger partial charge in [-0.3, -0.25) is 4.79 Å². The van der Waals surface area contributed by atoms with E-state index >= 15 is 0 Å². The number of amides is 1. The van der Waals surface area contributed by atoms with Gasteiger partial charge in [0.15, 0.2) is 5.65 Å². The van der Waals surface area contributed by atoms with Crippen molar-refractivity contribution >= 4 is 17.4 Å². The largest absolute Gasteiger partial charge is 0.433 e. The van der Waals surface area contributed by atoms with Gasteiger partial charge in [0.05, 0.1) is 5.69 Å². The van der Waals surface area contributed by atoms with Gasteiger partial charge in [-0.25, -0.2) is 14.5 Å². The number of halogens is 3. The van der Waals surface area contributed by atoms with Crippen LogP contribution in [0.3, 0.4) is 0 Å². The van der Waals surface area contributed by atoms with Crippen molar-refractivity contribution in [2.75, 3.05) is 32.1 Å². The van der Waals surface area contributed by atoms with Gasteiger partial charge in [-0.2, -0.15) is 18.3 Å². The molecule has 0 aliphatic carbocycles. The lowest BCUT2D eigenvalue weighted by Gasteiger charge is -2.31. The summed E-state index contributed by atoms with van der Waals surface area (Å²) in [6.07, 6.45) is -1.24. The van der Waals surface area contributed by atoms with Crippen LogP contribution in [0.25, 0.3) is 5.65 Å². The maximum Gasteiger partial charge on any atom is 0.433 e. The van der Waals surface area contributed by atoms with Crippen LogP contribution in [0.2, 0.25) is 0 Å². The van der Waals surface area contributed by atoms with E-state index in [4.69, 9.17) is 0 Å². The second-order valence-corrected chi connectivity index (χ2v) is 8.19. The first-order valence-corrected chi connectivity index (χ1v) is 10.6. The van der Waals surface area contributed by atoms with Crippen molar-refractivity contribution in [3.05, 3.63) is 53.1 Å². The summed E-state index contributed by atoms with van der Waals surface area (Å²) >= 11 is 0. The van der Waals surface area contributed by atoms with Crippen molar-refractivity contribution in [1.29, 1.82) is 0 Å². The summed E-state index contributed by atoms with van der Waals surface area (Å²) in [4.78, 5) is 25.1. The van der Waals surface area contributed by atoms with E-state index in [0.29, 0.717) is 55.1 Å². The van der Waals surface area contributed by atoms with E-state index in [2.05, 4.69) is 15.1 Å². The van der Waals surface area contributed by atoms with Gasteiger partial charge < -0.3 is 9.80 Å². The van der Waals surface area contributed by atoms with Gasteiger partial charge in [0.2, 0.25) is 0 Å². The number of aryl methyl sites for hydroxylation is 1. The zero-order chi connectivity index (χ0) is 23.0. The smallest absolute Gasteiger partial charge is 0.363 e. The fourth-order valence-corrected chi connectivity index (χ4v) is 3.98. The number of fused-ring (bicyclic) bond motifs is 1. The van der Waals surface area contributed by atoms with Gasteiger partial charge in [-0.05, 0) is 37.5 Å². The monoisotopic (exact) mass is 446 g/mol. The molecule has 0 N–H and O–H groups in total. The Morgan fingerprint density at radius 2 is 1.91 bits per heavy atom. The number of likely N-dealkylation sites (tertiary alicyclic amines) is 1. The molecule has 1 aliphatic rings. The summed E-state index contributed by atoms with van der Waals surface area (Å²) in [6.45, 7) is 2.79. The molecule has 1 amide bonds. The van der Waals surface area contributed by atoms with Crippen LogP contribution in [0.15, 0.2) is 30.5 Å². The van der Waals surface area contributed by atoms with Crippen LogP contribution in [0.1, 0.15) is 53.1 Å². The maximum absolute atomic E-state index is 13.5. The Bertz CT molecular complexity index is 1130. The lowest BCUT2D eigenvalue weighted by atomic mass is 9.93. The molecule has 0 unspecified atom stereocenters. The van der Waals surface area contributed by atoms with E-state index in [0.717, 1.165) is 10.6 Å². The highest BCUT2D eigenvalue weighted by molar-refractivity contribution is 5.94. The Morgan fingerprint density at radius 1 is 1.19 bits per heavy atom. The number of rotatable bonds is 4. The molecule has 0 bridgehead atoms. The van der Waals surface area contributed by atoms with Crippen molar-refractivity contribution in [2.45, 2.75) is 38.3 Å². The molecule has 1 saturated heterocycles. The summed E-state index contributed by atoms with van der Waals surface area (Å²) < 4.78 is 41.5. The normalized spacial score (nSPS) is 15.4. The van der Waals surface area contributed by atoms with Crippen molar-refractivity contribution in [1.82, 2.24) is 24.5 Å². The zero-order valence-electron chi connectivity index (χ0n) is 18.2. The van der Waals surface area contributed by atoms with Gasteiger partial charge in [-0.1, -0.05) is 6.92 Å². The van der Waals surface area contributed by atoms with Gasteiger partial charge in [0, 0.05) is 56.6 Å². The Hall–Kier alpha value is -3.17. The minimum Gasteiger partial charge on any atom is -0.363 e. The molecule has 0 spiro atoms.